The van der Waals surface area contributed by atoms with Gasteiger partial charge in [0, 0.05) is 36.9 Å². The van der Waals surface area contributed by atoms with Crippen molar-refractivity contribution < 1.29 is 4.79 Å². The fraction of sp³-hybridized carbons (Fsp3) is 0.714. The van der Waals surface area contributed by atoms with E-state index in [2.05, 4.69) is 28.9 Å². The third kappa shape index (κ3) is 3.56. The molecule has 1 aromatic rings. The predicted molar refractivity (Wildman–Crippen MR) is 74.9 cm³/mol. The lowest BCUT2D eigenvalue weighted by Crippen LogP contribution is -2.45. The molecule has 1 aliphatic heterocycles. The van der Waals surface area contributed by atoms with Crippen LogP contribution < -0.4 is 0 Å². The number of likely N-dealkylation sites (tertiary alicyclic amines) is 1. The summed E-state index contributed by atoms with van der Waals surface area (Å²) in [7, 11) is 2.00. The molecule has 106 valence electrons. The Morgan fingerprint density at radius 3 is 3.05 bits per heavy atom. The molecule has 1 fully saturated rings. The van der Waals surface area contributed by atoms with Crippen molar-refractivity contribution in [1.82, 2.24) is 20.0 Å². The summed E-state index contributed by atoms with van der Waals surface area (Å²) in [6.07, 6.45) is 3.98. The van der Waals surface area contributed by atoms with Gasteiger partial charge in [-0.3, -0.25) is 14.8 Å². The number of hydrogen-bond acceptors (Lipinski definition) is 3. The molecule has 0 bridgehead atoms. The summed E-state index contributed by atoms with van der Waals surface area (Å²) in [6.45, 7) is 6.42. The lowest BCUT2D eigenvalue weighted by atomic mass is 9.95. The van der Waals surface area contributed by atoms with Crippen LogP contribution in [0.4, 0.5) is 0 Å². The Bertz CT molecular complexity index is 402. The van der Waals surface area contributed by atoms with Crippen LogP contribution in [0.25, 0.3) is 0 Å². The predicted octanol–water partition coefficient (Wildman–Crippen LogP) is 1.46. The van der Waals surface area contributed by atoms with Crippen molar-refractivity contribution in [3.8, 4) is 0 Å². The molecule has 2 heterocycles. The van der Waals surface area contributed by atoms with Gasteiger partial charge in [0.1, 0.15) is 0 Å². The van der Waals surface area contributed by atoms with Gasteiger partial charge in [0.25, 0.3) is 0 Å². The molecule has 0 aliphatic carbocycles. The maximum absolute atomic E-state index is 12.3. The van der Waals surface area contributed by atoms with E-state index in [1.54, 1.807) is 6.20 Å². The van der Waals surface area contributed by atoms with Crippen LogP contribution in [0.5, 0.6) is 0 Å². The van der Waals surface area contributed by atoms with Gasteiger partial charge in [-0.15, -0.1) is 0 Å². The lowest BCUT2D eigenvalue weighted by molar-refractivity contribution is -0.133. The van der Waals surface area contributed by atoms with Crippen molar-refractivity contribution in [2.75, 3.05) is 26.7 Å². The third-order valence-electron chi connectivity index (χ3n) is 4.00. The Hall–Kier alpha value is -1.36. The number of aromatic amines is 1. The van der Waals surface area contributed by atoms with Gasteiger partial charge in [-0.1, -0.05) is 0 Å². The zero-order chi connectivity index (χ0) is 13.8. The number of amides is 1. The number of carbonyl (C=O) groups is 1. The van der Waals surface area contributed by atoms with Gasteiger partial charge in [0.2, 0.25) is 5.91 Å². The Morgan fingerprint density at radius 2 is 2.42 bits per heavy atom. The first kappa shape index (κ1) is 14.1. The molecule has 1 saturated heterocycles. The van der Waals surface area contributed by atoms with Gasteiger partial charge in [-0.2, -0.15) is 5.10 Å². The molecule has 19 heavy (non-hydrogen) atoms. The van der Waals surface area contributed by atoms with Crippen LogP contribution in [0.2, 0.25) is 0 Å². The maximum Gasteiger partial charge on any atom is 0.236 e. The SMILES string of the molecule is CC(C)N(C)CC(=O)N1CCCC(c2ccn[nH]2)C1. The largest absolute Gasteiger partial charge is 0.341 e. The number of aromatic nitrogens is 2. The van der Waals surface area contributed by atoms with Crippen LogP contribution >= 0.6 is 0 Å². The number of likely N-dealkylation sites (N-methyl/N-ethyl adjacent to an activating group) is 1. The number of nitrogens with one attached hydrogen (secondary N) is 1. The van der Waals surface area contributed by atoms with Crippen molar-refractivity contribution in [2.24, 2.45) is 0 Å². The zero-order valence-corrected chi connectivity index (χ0v) is 12.1. The van der Waals surface area contributed by atoms with E-state index in [9.17, 15) is 4.79 Å². The Balaban J connectivity index is 1.92. The number of hydrogen-bond donors (Lipinski definition) is 1. The third-order valence-corrected chi connectivity index (χ3v) is 4.00. The van der Waals surface area contributed by atoms with Gasteiger partial charge in [0.05, 0.1) is 6.54 Å². The van der Waals surface area contributed by atoms with Crippen LogP contribution in [0.1, 0.15) is 38.3 Å². The highest BCUT2D eigenvalue weighted by Gasteiger charge is 2.26. The molecule has 0 radical (unpaired) electrons. The van der Waals surface area contributed by atoms with E-state index in [1.165, 1.54) is 0 Å². The van der Waals surface area contributed by atoms with Crippen molar-refractivity contribution in [1.29, 1.82) is 0 Å². The molecule has 1 atom stereocenters. The molecule has 0 saturated carbocycles. The Morgan fingerprint density at radius 1 is 1.63 bits per heavy atom. The summed E-state index contributed by atoms with van der Waals surface area (Å²) < 4.78 is 0. The minimum atomic E-state index is 0.236. The van der Waals surface area contributed by atoms with Gasteiger partial charge < -0.3 is 4.90 Å². The Labute approximate surface area is 115 Å². The molecular weight excluding hydrogens is 240 g/mol. The molecule has 1 N–H and O–H groups in total. The molecule has 0 spiro atoms. The number of rotatable bonds is 4. The second kappa shape index (κ2) is 6.19. The first-order valence-corrected chi connectivity index (χ1v) is 7.05. The van der Waals surface area contributed by atoms with Crippen LogP contribution in [0.3, 0.4) is 0 Å². The fourth-order valence-corrected chi connectivity index (χ4v) is 2.45. The van der Waals surface area contributed by atoms with Crippen molar-refractivity contribution in [3.05, 3.63) is 18.0 Å². The normalized spacial score (nSPS) is 20.3. The minimum absolute atomic E-state index is 0.236. The minimum Gasteiger partial charge on any atom is -0.341 e. The second-order valence-corrected chi connectivity index (χ2v) is 5.70. The summed E-state index contributed by atoms with van der Waals surface area (Å²) in [4.78, 5) is 16.4. The fourth-order valence-electron chi connectivity index (χ4n) is 2.45. The maximum atomic E-state index is 12.3. The highest BCUT2D eigenvalue weighted by molar-refractivity contribution is 5.78. The van der Waals surface area contributed by atoms with E-state index >= 15 is 0 Å². The van der Waals surface area contributed by atoms with Gasteiger partial charge >= 0.3 is 0 Å². The highest BCUT2D eigenvalue weighted by Crippen LogP contribution is 2.25. The first-order chi connectivity index (χ1) is 9.08. The molecule has 1 unspecified atom stereocenters. The molecule has 0 aromatic carbocycles. The molecule has 5 heteroatoms. The van der Waals surface area contributed by atoms with E-state index < -0.39 is 0 Å². The summed E-state index contributed by atoms with van der Waals surface area (Å²) in [5, 5.41) is 7.03. The van der Waals surface area contributed by atoms with Crippen molar-refractivity contribution in [3.63, 3.8) is 0 Å². The molecule has 1 aliphatic rings. The first-order valence-electron chi connectivity index (χ1n) is 7.05. The van der Waals surface area contributed by atoms with Crippen molar-refractivity contribution >= 4 is 5.91 Å². The molecule has 2 rings (SSSR count). The zero-order valence-electron chi connectivity index (χ0n) is 12.1. The van der Waals surface area contributed by atoms with Crippen molar-refractivity contribution in [2.45, 2.75) is 38.6 Å². The van der Waals surface area contributed by atoms with Gasteiger partial charge in [0.15, 0.2) is 0 Å². The van der Waals surface area contributed by atoms with Crippen LogP contribution in [0.15, 0.2) is 12.3 Å². The summed E-state index contributed by atoms with van der Waals surface area (Å²) >= 11 is 0. The van der Waals surface area contributed by atoms with Crippen LogP contribution in [-0.4, -0.2) is 58.6 Å². The van der Waals surface area contributed by atoms with Crippen LogP contribution in [0, 0.1) is 0 Å². The van der Waals surface area contributed by atoms with E-state index in [0.29, 0.717) is 18.5 Å². The number of carbonyl (C=O) groups excluding carboxylic acids is 1. The van der Waals surface area contributed by atoms with Crippen LogP contribution in [-0.2, 0) is 4.79 Å². The van der Waals surface area contributed by atoms with Gasteiger partial charge in [-0.25, -0.2) is 0 Å². The quantitative estimate of drug-likeness (QED) is 0.895. The number of piperidine rings is 1. The summed E-state index contributed by atoms with van der Waals surface area (Å²) in [5.41, 5.74) is 1.15. The average molecular weight is 264 g/mol. The smallest absolute Gasteiger partial charge is 0.236 e. The molecule has 5 nitrogen and oxygen atoms in total. The summed E-state index contributed by atoms with van der Waals surface area (Å²) in [5.74, 6) is 0.643. The van der Waals surface area contributed by atoms with E-state index in [1.807, 2.05) is 18.0 Å². The Kier molecular flexibility index (Phi) is 4.58. The monoisotopic (exact) mass is 264 g/mol. The molecular formula is C14H24N4O. The van der Waals surface area contributed by atoms with Gasteiger partial charge in [-0.05, 0) is 39.8 Å². The van der Waals surface area contributed by atoms with E-state index in [-0.39, 0.29) is 5.91 Å². The highest BCUT2D eigenvalue weighted by atomic mass is 16.2. The summed E-state index contributed by atoms with van der Waals surface area (Å²) in [6, 6.07) is 2.41. The standard InChI is InChI=1S/C14H24N4O/c1-11(2)17(3)10-14(19)18-8-4-5-12(9-18)13-6-7-15-16-13/h6-7,11-12H,4-5,8-10H2,1-3H3,(H,15,16). The second-order valence-electron chi connectivity index (χ2n) is 5.70. The molecule has 1 aromatic heterocycles. The van der Waals surface area contributed by atoms with E-state index in [0.717, 1.165) is 31.6 Å². The average Bonchev–Trinajstić information content (AvgIpc) is 2.92. The molecule has 1 amide bonds. The lowest BCUT2D eigenvalue weighted by Gasteiger charge is -2.34. The number of nitrogens with zero attached hydrogens (tertiary/aromatic N) is 3. The topological polar surface area (TPSA) is 52.2 Å². The van der Waals surface area contributed by atoms with E-state index in [4.69, 9.17) is 0 Å². The number of H-pyrrole nitrogens is 1.